The summed E-state index contributed by atoms with van der Waals surface area (Å²) in [5.41, 5.74) is 2.03. The van der Waals surface area contributed by atoms with Crippen LogP contribution in [0.15, 0.2) is 18.2 Å². The first-order valence-electron chi connectivity index (χ1n) is 6.23. The fourth-order valence-electron chi connectivity index (χ4n) is 1.93. The third-order valence-corrected chi connectivity index (χ3v) is 2.70. The smallest absolute Gasteiger partial charge is 0.323 e. The molecule has 0 spiro atoms. The Kier molecular flexibility index (Phi) is 4.35. The number of anilines is 1. The third-order valence-electron chi connectivity index (χ3n) is 2.70. The van der Waals surface area contributed by atoms with E-state index in [0.29, 0.717) is 5.69 Å². The predicted octanol–water partition coefficient (Wildman–Crippen LogP) is 2.77. The molecule has 0 atom stereocenters. The van der Waals surface area contributed by atoms with Crippen LogP contribution in [-0.2, 0) is 9.59 Å². The van der Waals surface area contributed by atoms with E-state index in [0.717, 1.165) is 11.1 Å². The average molecular weight is 263 g/mol. The van der Waals surface area contributed by atoms with Gasteiger partial charge in [-0.3, -0.25) is 9.59 Å². The zero-order valence-corrected chi connectivity index (χ0v) is 12.2. The minimum absolute atomic E-state index is 0.195. The number of carbonyl (C=O) groups is 2. The Morgan fingerprint density at radius 1 is 1.11 bits per heavy atom. The molecule has 0 aliphatic heterocycles. The SMILES string of the molecule is Cc1cc(C)cc(N(CC(=O)O)C(=O)C(C)(C)C)c1. The Bertz CT molecular complexity index is 480. The zero-order valence-electron chi connectivity index (χ0n) is 12.2. The second-order valence-electron chi connectivity index (χ2n) is 5.88. The maximum Gasteiger partial charge on any atom is 0.323 e. The number of nitrogens with zero attached hydrogens (tertiary/aromatic N) is 1. The lowest BCUT2D eigenvalue weighted by atomic mass is 9.94. The normalized spacial score (nSPS) is 11.2. The first-order valence-corrected chi connectivity index (χ1v) is 6.23. The summed E-state index contributed by atoms with van der Waals surface area (Å²) in [6.45, 7) is 8.89. The highest BCUT2D eigenvalue weighted by Gasteiger charge is 2.29. The minimum Gasteiger partial charge on any atom is -0.480 e. The molecule has 0 saturated heterocycles. The van der Waals surface area contributed by atoms with Gasteiger partial charge in [0.25, 0.3) is 0 Å². The molecule has 1 amide bonds. The predicted molar refractivity (Wildman–Crippen MR) is 75.4 cm³/mol. The van der Waals surface area contributed by atoms with Gasteiger partial charge >= 0.3 is 5.97 Å². The van der Waals surface area contributed by atoms with Crippen molar-refractivity contribution < 1.29 is 14.7 Å². The lowest BCUT2D eigenvalue weighted by Crippen LogP contribution is -2.42. The Labute approximate surface area is 114 Å². The number of amides is 1. The summed E-state index contributed by atoms with van der Waals surface area (Å²) in [6.07, 6.45) is 0. The minimum atomic E-state index is -1.02. The summed E-state index contributed by atoms with van der Waals surface area (Å²) in [4.78, 5) is 24.7. The molecule has 1 rings (SSSR count). The number of carboxylic acid groups (broad SMARTS) is 1. The number of hydrogen-bond donors (Lipinski definition) is 1. The van der Waals surface area contributed by atoms with Gasteiger partial charge in [-0.1, -0.05) is 26.8 Å². The van der Waals surface area contributed by atoms with Gasteiger partial charge in [0, 0.05) is 11.1 Å². The van der Waals surface area contributed by atoms with Crippen LogP contribution in [0, 0.1) is 19.3 Å². The summed E-state index contributed by atoms with van der Waals surface area (Å²) in [5.74, 6) is -1.21. The van der Waals surface area contributed by atoms with Gasteiger partial charge in [-0.25, -0.2) is 0 Å². The van der Waals surface area contributed by atoms with Crippen molar-refractivity contribution in [3.05, 3.63) is 29.3 Å². The molecule has 0 radical (unpaired) electrons. The molecule has 0 fully saturated rings. The van der Waals surface area contributed by atoms with Gasteiger partial charge in [-0.2, -0.15) is 0 Å². The zero-order chi connectivity index (χ0) is 14.8. The van der Waals surface area contributed by atoms with Crippen molar-refractivity contribution in [2.45, 2.75) is 34.6 Å². The first-order chi connectivity index (χ1) is 8.61. The number of benzene rings is 1. The van der Waals surface area contributed by atoms with Crippen LogP contribution in [0.5, 0.6) is 0 Å². The molecule has 104 valence electrons. The second kappa shape index (κ2) is 5.43. The lowest BCUT2D eigenvalue weighted by molar-refractivity contribution is -0.137. The van der Waals surface area contributed by atoms with Crippen LogP contribution in [-0.4, -0.2) is 23.5 Å². The van der Waals surface area contributed by atoms with E-state index >= 15 is 0 Å². The number of carboxylic acids is 1. The molecule has 1 N–H and O–H groups in total. The molecule has 4 nitrogen and oxygen atoms in total. The van der Waals surface area contributed by atoms with Crippen LogP contribution < -0.4 is 4.90 Å². The van der Waals surface area contributed by atoms with Gasteiger partial charge in [-0.05, 0) is 37.1 Å². The van der Waals surface area contributed by atoms with Gasteiger partial charge in [0.2, 0.25) is 5.91 Å². The van der Waals surface area contributed by atoms with Crippen molar-refractivity contribution >= 4 is 17.6 Å². The largest absolute Gasteiger partial charge is 0.480 e. The average Bonchev–Trinajstić information content (AvgIpc) is 2.21. The van der Waals surface area contributed by atoms with E-state index < -0.39 is 11.4 Å². The third kappa shape index (κ3) is 4.09. The number of carbonyl (C=O) groups excluding carboxylic acids is 1. The molecule has 1 aromatic rings. The molecule has 1 aromatic carbocycles. The summed E-state index contributed by atoms with van der Waals surface area (Å²) >= 11 is 0. The molecule has 0 saturated carbocycles. The molecule has 0 aromatic heterocycles. The topological polar surface area (TPSA) is 57.6 Å². The van der Waals surface area contributed by atoms with Crippen molar-refractivity contribution in [2.24, 2.45) is 5.41 Å². The Morgan fingerprint density at radius 3 is 1.95 bits per heavy atom. The van der Waals surface area contributed by atoms with Gasteiger partial charge in [0.1, 0.15) is 6.54 Å². The summed E-state index contributed by atoms with van der Waals surface area (Å²) in [6, 6.07) is 5.66. The first kappa shape index (κ1) is 15.2. The second-order valence-corrected chi connectivity index (χ2v) is 5.88. The molecule has 0 aliphatic carbocycles. The Hall–Kier alpha value is -1.84. The van der Waals surface area contributed by atoms with Gasteiger partial charge in [-0.15, -0.1) is 0 Å². The van der Waals surface area contributed by atoms with Crippen LogP contribution in [0.1, 0.15) is 31.9 Å². The van der Waals surface area contributed by atoms with E-state index in [-0.39, 0.29) is 12.5 Å². The van der Waals surface area contributed by atoms with E-state index in [1.54, 1.807) is 20.8 Å². The molecule has 19 heavy (non-hydrogen) atoms. The maximum absolute atomic E-state index is 12.4. The summed E-state index contributed by atoms with van der Waals surface area (Å²) < 4.78 is 0. The van der Waals surface area contributed by atoms with E-state index in [1.807, 2.05) is 32.0 Å². The van der Waals surface area contributed by atoms with Crippen LogP contribution in [0.4, 0.5) is 5.69 Å². The van der Waals surface area contributed by atoms with Crippen molar-refractivity contribution in [3.8, 4) is 0 Å². The van der Waals surface area contributed by atoms with E-state index in [2.05, 4.69) is 0 Å². The Balaban J connectivity index is 3.23. The fourth-order valence-corrected chi connectivity index (χ4v) is 1.93. The highest BCUT2D eigenvalue weighted by atomic mass is 16.4. The monoisotopic (exact) mass is 263 g/mol. The van der Waals surface area contributed by atoms with Crippen LogP contribution in [0.2, 0.25) is 0 Å². The molecule has 0 bridgehead atoms. The number of aliphatic carboxylic acids is 1. The molecule has 4 heteroatoms. The molecule has 0 unspecified atom stereocenters. The molecular formula is C15H21NO3. The molecule has 0 heterocycles. The quantitative estimate of drug-likeness (QED) is 0.912. The molecule has 0 aliphatic rings. The summed E-state index contributed by atoms with van der Waals surface area (Å²) in [5, 5.41) is 9.00. The Morgan fingerprint density at radius 2 is 1.58 bits per heavy atom. The van der Waals surface area contributed by atoms with Crippen LogP contribution >= 0.6 is 0 Å². The highest BCUT2D eigenvalue weighted by Crippen LogP contribution is 2.25. The van der Waals surface area contributed by atoms with E-state index in [9.17, 15) is 9.59 Å². The van der Waals surface area contributed by atoms with Gasteiger partial charge in [0.15, 0.2) is 0 Å². The number of hydrogen-bond acceptors (Lipinski definition) is 2. The maximum atomic E-state index is 12.4. The van der Waals surface area contributed by atoms with Crippen LogP contribution in [0.3, 0.4) is 0 Å². The van der Waals surface area contributed by atoms with Crippen molar-refractivity contribution in [3.63, 3.8) is 0 Å². The van der Waals surface area contributed by atoms with Gasteiger partial charge in [0.05, 0.1) is 0 Å². The highest BCUT2D eigenvalue weighted by molar-refractivity contribution is 6.00. The van der Waals surface area contributed by atoms with Crippen molar-refractivity contribution in [1.82, 2.24) is 0 Å². The van der Waals surface area contributed by atoms with Crippen molar-refractivity contribution in [2.75, 3.05) is 11.4 Å². The summed E-state index contributed by atoms with van der Waals surface area (Å²) in [7, 11) is 0. The van der Waals surface area contributed by atoms with Crippen LogP contribution in [0.25, 0.3) is 0 Å². The van der Waals surface area contributed by atoms with E-state index in [4.69, 9.17) is 5.11 Å². The standard InChI is InChI=1S/C15H21NO3/c1-10-6-11(2)8-12(7-10)16(9-13(17)18)14(19)15(3,4)5/h6-8H,9H2,1-5H3,(H,17,18). The van der Waals surface area contributed by atoms with Crippen molar-refractivity contribution in [1.29, 1.82) is 0 Å². The lowest BCUT2D eigenvalue weighted by Gasteiger charge is -2.28. The molecular weight excluding hydrogens is 242 g/mol. The van der Waals surface area contributed by atoms with E-state index in [1.165, 1.54) is 4.90 Å². The number of rotatable bonds is 3. The van der Waals surface area contributed by atoms with Gasteiger partial charge < -0.3 is 10.0 Å². The number of aryl methyl sites for hydroxylation is 2. The fraction of sp³-hybridized carbons (Fsp3) is 0.467.